The fourth-order valence-electron chi connectivity index (χ4n) is 4.51. The quantitative estimate of drug-likeness (QED) is 0.759. The number of benzene rings is 2. The van der Waals surface area contributed by atoms with Crippen molar-refractivity contribution in [3.63, 3.8) is 0 Å². The first kappa shape index (κ1) is 18.9. The number of hydrogen-bond donors (Lipinski definition) is 0. The number of halogens is 3. The number of hydrogen-bond acceptors (Lipinski definition) is 5. The molecular weight excluding hydrogens is 401 g/mol. The van der Waals surface area contributed by atoms with Gasteiger partial charge in [-0.25, -0.2) is 4.39 Å². The molecule has 0 aliphatic carbocycles. The van der Waals surface area contributed by atoms with E-state index in [1.807, 2.05) is 0 Å². The van der Waals surface area contributed by atoms with Crippen molar-refractivity contribution in [3.05, 3.63) is 47.8 Å². The molecule has 6 rings (SSSR count). The van der Waals surface area contributed by atoms with E-state index in [1.54, 1.807) is 11.0 Å². The van der Waals surface area contributed by atoms with Crippen LogP contribution in [0.4, 0.5) is 18.9 Å². The van der Waals surface area contributed by atoms with Crippen LogP contribution in [0.2, 0.25) is 0 Å². The Labute approximate surface area is 170 Å². The van der Waals surface area contributed by atoms with E-state index in [4.69, 9.17) is 4.74 Å². The van der Waals surface area contributed by atoms with Gasteiger partial charge in [-0.1, -0.05) is 0 Å². The van der Waals surface area contributed by atoms with Crippen molar-refractivity contribution in [1.29, 1.82) is 0 Å². The number of amides is 1. The van der Waals surface area contributed by atoms with Gasteiger partial charge < -0.3 is 24.0 Å². The predicted octanol–water partition coefficient (Wildman–Crippen LogP) is 3.65. The van der Waals surface area contributed by atoms with E-state index in [9.17, 15) is 18.0 Å². The molecule has 0 radical (unpaired) electrons. The van der Waals surface area contributed by atoms with Gasteiger partial charge in [0.15, 0.2) is 11.5 Å². The SMILES string of the molecule is COc1ccc(F)cc1N1CC2CCC1CN2C(=O)c1ccc2c(c1)OC(F)(F)O2. The number of alkyl halides is 2. The molecule has 2 aromatic rings. The van der Waals surface area contributed by atoms with Crippen molar-refractivity contribution in [2.45, 2.75) is 31.2 Å². The zero-order valence-corrected chi connectivity index (χ0v) is 16.1. The van der Waals surface area contributed by atoms with Crippen LogP contribution in [-0.2, 0) is 0 Å². The highest BCUT2D eigenvalue weighted by Gasteiger charge is 2.45. The zero-order valence-electron chi connectivity index (χ0n) is 16.1. The Morgan fingerprint density at radius 2 is 1.83 bits per heavy atom. The molecule has 4 aliphatic rings. The van der Waals surface area contributed by atoms with Gasteiger partial charge in [0, 0.05) is 36.8 Å². The molecular formula is C21H19F3N2O4. The lowest BCUT2D eigenvalue weighted by Gasteiger charge is -2.52. The van der Waals surface area contributed by atoms with E-state index in [-0.39, 0.29) is 40.9 Å². The molecule has 1 amide bonds. The molecule has 30 heavy (non-hydrogen) atoms. The van der Waals surface area contributed by atoms with Crippen LogP contribution in [0, 0.1) is 5.82 Å². The lowest BCUT2D eigenvalue weighted by molar-refractivity contribution is -0.286. The Balaban J connectivity index is 1.37. The van der Waals surface area contributed by atoms with Gasteiger partial charge in [0.25, 0.3) is 5.91 Å². The first-order valence-electron chi connectivity index (χ1n) is 9.66. The summed E-state index contributed by atoms with van der Waals surface area (Å²) in [6, 6.07) is 8.38. The highest BCUT2D eigenvalue weighted by molar-refractivity contribution is 5.95. The summed E-state index contributed by atoms with van der Waals surface area (Å²) >= 11 is 0. The van der Waals surface area contributed by atoms with Gasteiger partial charge in [-0.2, -0.15) is 0 Å². The Morgan fingerprint density at radius 3 is 2.57 bits per heavy atom. The molecule has 0 aromatic heterocycles. The van der Waals surface area contributed by atoms with E-state index < -0.39 is 6.29 Å². The minimum atomic E-state index is -3.72. The molecule has 4 aliphatic heterocycles. The van der Waals surface area contributed by atoms with Crippen molar-refractivity contribution < 1.29 is 32.2 Å². The molecule has 4 heterocycles. The number of fused-ring (bicyclic) bond motifs is 4. The van der Waals surface area contributed by atoms with Crippen molar-refractivity contribution in [2.24, 2.45) is 0 Å². The zero-order chi connectivity index (χ0) is 21.0. The normalized spacial score (nSPS) is 23.6. The van der Waals surface area contributed by atoms with Crippen molar-refractivity contribution in [3.8, 4) is 17.2 Å². The van der Waals surface area contributed by atoms with Crippen LogP contribution in [0.25, 0.3) is 0 Å². The van der Waals surface area contributed by atoms with Gasteiger partial charge in [0.2, 0.25) is 0 Å². The van der Waals surface area contributed by atoms with E-state index in [2.05, 4.69) is 14.4 Å². The highest BCUT2D eigenvalue weighted by atomic mass is 19.3. The second kappa shape index (κ2) is 6.72. The van der Waals surface area contributed by atoms with E-state index >= 15 is 0 Å². The summed E-state index contributed by atoms with van der Waals surface area (Å²) in [5.41, 5.74) is 0.932. The topological polar surface area (TPSA) is 51.2 Å². The highest BCUT2D eigenvalue weighted by Crippen LogP contribution is 2.42. The summed E-state index contributed by atoms with van der Waals surface area (Å²) < 4.78 is 54.6. The standard InChI is InChI=1S/C21H19F3N2O4/c1-28-17-7-3-13(22)9-16(17)25-10-15-5-4-14(25)11-26(15)20(27)12-2-6-18-19(8-12)30-21(23,24)29-18/h2-3,6-9,14-15H,4-5,10-11H2,1H3. The average Bonchev–Trinajstić information content (AvgIpc) is 3.06. The number of piperazine rings is 1. The van der Waals surface area contributed by atoms with Crippen LogP contribution >= 0.6 is 0 Å². The number of carbonyl (C=O) groups excluding carboxylic acids is 1. The van der Waals surface area contributed by atoms with Gasteiger partial charge in [-0.3, -0.25) is 4.79 Å². The maximum atomic E-state index is 13.8. The van der Waals surface area contributed by atoms with Crippen molar-refractivity contribution in [2.75, 3.05) is 25.1 Å². The third-order valence-electron chi connectivity index (χ3n) is 5.89. The van der Waals surface area contributed by atoms with E-state index in [0.717, 1.165) is 12.8 Å². The van der Waals surface area contributed by atoms with Crippen LogP contribution in [0.5, 0.6) is 17.2 Å². The molecule has 3 saturated heterocycles. The van der Waals surface area contributed by atoms with Gasteiger partial charge in [0.05, 0.1) is 12.8 Å². The van der Waals surface area contributed by atoms with Gasteiger partial charge in [-0.05, 0) is 43.2 Å². The fraction of sp³-hybridized carbons (Fsp3) is 0.381. The summed E-state index contributed by atoms with van der Waals surface area (Å²) in [6.07, 6.45) is -2.05. The second-order valence-electron chi connectivity index (χ2n) is 7.64. The molecule has 0 saturated carbocycles. The minimum Gasteiger partial charge on any atom is -0.495 e. The van der Waals surface area contributed by atoms with Crippen LogP contribution < -0.4 is 19.1 Å². The first-order valence-corrected chi connectivity index (χ1v) is 9.66. The maximum Gasteiger partial charge on any atom is 0.586 e. The Bertz CT molecular complexity index is 1020. The van der Waals surface area contributed by atoms with Crippen LogP contribution in [0.15, 0.2) is 36.4 Å². The molecule has 0 N–H and O–H groups in total. The molecule has 2 atom stereocenters. The van der Waals surface area contributed by atoms with E-state index in [0.29, 0.717) is 24.5 Å². The Kier molecular flexibility index (Phi) is 4.23. The molecule has 9 heteroatoms. The molecule has 2 aromatic carbocycles. The largest absolute Gasteiger partial charge is 0.586 e. The number of anilines is 1. The summed E-state index contributed by atoms with van der Waals surface area (Å²) in [4.78, 5) is 16.9. The van der Waals surface area contributed by atoms with Crippen molar-refractivity contribution >= 4 is 11.6 Å². The number of methoxy groups -OCH3 is 1. The lowest BCUT2D eigenvalue weighted by Crippen LogP contribution is -2.64. The Hall–Kier alpha value is -3.10. The van der Waals surface area contributed by atoms with Crippen molar-refractivity contribution in [1.82, 2.24) is 4.90 Å². The number of carbonyl (C=O) groups is 1. The summed E-state index contributed by atoms with van der Waals surface area (Å²) in [6.45, 7) is 0.993. The summed E-state index contributed by atoms with van der Waals surface area (Å²) in [5, 5.41) is 0. The second-order valence-corrected chi connectivity index (χ2v) is 7.64. The van der Waals surface area contributed by atoms with Crippen LogP contribution in [0.1, 0.15) is 23.2 Å². The molecule has 2 bridgehead atoms. The third-order valence-corrected chi connectivity index (χ3v) is 5.89. The average molecular weight is 420 g/mol. The first-order chi connectivity index (χ1) is 14.3. The third kappa shape index (κ3) is 3.09. The molecule has 158 valence electrons. The maximum absolute atomic E-state index is 13.8. The van der Waals surface area contributed by atoms with Gasteiger partial charge in [0.1, 0.15) is 11.6 Å². The number of rotatable bonds is 3. The molecule has 6 nitrogen and oxygen atoms in total. The van der Waals surface area contributed by atoms with Gasteiger partial charge >= 0.3 is 6.29 Å². The monoisotopic (exact) mass is 420 g/mol. The lowest BCUT2D eigenvalue weighted by atomic mass is 9.89. The predicted molar refractivity (Wildman–Crippen MR) is 101 cm³/mol. The van der Waals surface area contributed by atoms with Gasteiger partial charge in [-0.15, -0.1) is 8.78 Å². The summed E-state index contributed by atoms with van der Waals surface area (Å²) in [7, 11) is 1.54. The summed E-state index contributed by atoms with van der Waals surface area (Å²) in [5.74, 6) is -0.270. The number of ether oxygens (including phenoxy) is 3. The molecule has 2 unspecified atom stereocenters. The molecule has 0 spiro atoms. The number of nitrogens with zero attached hydrogens (tertiary/aromatic N) is 2. The van der Waals surface area contributed by atoms with E-state index in [1.165, 1.54) is 37.4 Å². The fourth-order valence-corrected chi connectivity index (χ4v) is 4.51. The Morgan fingerprint density at radius 1 is 1.07 bits per heavy atom. The van der Waals surface area contributed by atoms with Crippen LogP contribution in [-0.4, -0.2) is 49.4 Å². The molecule has 3 fully saturated rings. The number of piperidine rings is 2. The minimum absolute atomic E-state index is 0.00740. The smallest absolute Gasteiger partial charge is 0.495 e. The van der Waals surface area contributed by atoms with Crippen LogP contribution in [0.3, 0.4) is 0 Å².